The number of rotatable bonds is 3. The average Bonchev–Trinajstić information content (AvgIpc) is 2.30. The van der Waals surface area contributed by atoms with Crippen molar-refractivity contribution in [2.75, 3.05) is 7.05 Å². The van der Waals surface area contributed by atoms with E-state index in [4.69, 9.17) is 0 Å². The summed E-state index contributed by atoms with van der Waals surface area (Å²) in [6, 6.07) is 9.49. The molecule has 0 spiro atoms. The SMILES string of the molecule is CCC1(C)C(NC)CC1c1ccc(Br)cc1. The van der Waals surface area contributed by atoms with Crippen LogP contribution in [0.5, 0.6) is 0 Å². The van der Waals surface area contributed by atoms with Crippen molar-refractivity contribution in [1.29, 1.82) is 0 Å². The molecule has 0 amide bonds. The summed E-state index contributed by atoms with van der Waals surface area (Å²) in [6.45, 7) is 4.71. The van der Waals surface area contributed by atoms with Gasteiger partial charge in [-0.25, -0.2) is 0 Å². The first-order valence-electron chi connectivity index (χ1n) is 6.04. The molecule has 0 heterocycles. The van der Waals surface area contributed by atoms with Gasteiger partial charge in [-0.05, 0) is 48.9 Å². The third kappa shape index (κ3) is 1.82. The molecular formula is C14H20BrN. The zero-order valence-electron chi connectivity index (χ0n) is 10.3. The van der Waals surface area contributed by atoms with Crippen molar-refractivity contribution in [2.24, 2.45) is 5.41 Å². The van der Waals surface area contributed by atoms with E-state index in [2.05, 4.69) is 66.4 Å². The van der Waals surface area contributed by atoms with Crippen molar-refractivity contribution in [3.63, 3.8) is 0 Å². The minimum absolute atomic E-state index is 0.419. The van der Waals surface area contributed by atoms with Crippen LogP contribution in [0.3, 0.4) is 0 Å². The van der Waals surface area contributed by atoms with Gasteiger partial charge in [0.1, 0.15) is 0 Å². The van der Waals surface area contributed by atoms with Gasteiger partial charge in [0.15, 0.2) is 0 Å². The summed E-state index contributed by atoms with van der Waals surface area (Å²) in [7, 11) is 2.08. The molecule has 88 valence electrons. The minimum atomic E-state index is 0.419. The van der Waals surface area contributed by atoms with Gasteiger partial charge in [-0.2, -0.15) is 0 Å². The average molecular weight is 282 g/mol. The molecule has 3 atom stereocenters. The van der Waals surface area contributed by atoms with Crippen LogP contribution in [0.15, 0.2) is 28.7 Å². The molecule has 1 aliphatic rings. The highest BCUT2D eigenvalue weighted by Gasteiger charge is 2.49. The maximum Gasteiger partial charge on any atom is 0.0175 e. The fourth-order valence-corrected chi connectivity index (χ4v) is 3.27. The number of halogens is 1. The van der Waals surface area contributed by atoms with Crippen LogP contribution in [0, 0.1) is 5.41 Å². The summed E-state index contributed by atoms with van der Waals surface area (Å²) in [5.41, 5.74) is 1.90. The Balaban J connectivity index is 2.21. The minimum Gasteiger partial charge on any atom is -0.316 e. The summed E-state index contributed by atoms with van der Waals surface area (Å²) in [5, 5.41) is 3.44. The van der Waals surface area contributed by atoms with Gasteiger partial charge < -0.3 is 5.32 Å². The lowest BCUT2D eigenvalue weighted by Gasteiger charge is -2.54. The van der Waals surface area contributed by atoms with Gasteiger partial charge >= 0.3 is 0 Å². The zero-order chi connectivity index (χ0) is 11.8. The lowest BCUT2D eigenvalue weighted by molar-refractivity contribution is 0.0495. The van der Waals surface area contributed by atoms with Crippen LogP contribution in [0.4, 0.5) is 0 Å². The van der Waals surface area contributed by atoms with E-state index in [9.17, 15) is 0 Å². The topological polar surface area (TPSA) is 12.0 Å². The monoisotopic (exact) mass is 281 g/mol. The van der Waals surface area contributed by atoms with Crippen LogP contribution >= 0.6 is 15.9 Å². The smallest absolute Gasteiger partial charge is 0.0175 e. The Morgan fingerprint density at radius 3 is 2.50 bits per heavy atom. The predicted octanol–water partition coefficient (Wildman–Crippen LogP) is 3.94. The van der Waals surface area contributed by atoms with Gasteiger partial charge in [0.25, 0.3) is 0 Å². The first-order chi connectivity index (χ1) is 7.61. The van der Waals surface area contributed by atoms with Crippen molar-refractivity contribution in [3.05, 3.63) is 34.3 Å². The van der Waals surface area contributed by atoms with E-state index in [1.807, 2.05) is 0 Å². The zero-order valence-corrected chi connectivity index (χ0v) is 11.8. The van der Waals surface area contributed by atoms with Gasteiger partial charge in [0.2, 0.25) is 0 Å². The first kappa shape index (κ1) is 12.1. The van der Waals surface area contributed by atoms with Gasteiger partial charge in [-0.1, -0.05) is 41.9 Å². The Bertz CT molecular complexity index is 360. The molecule has 1 aromatic carbocycles. The van der Waals surface area contributed by atoms with Crippen LogP contribution in [0.2, 0.25) is 0 Å². The summed E-state index contributed by atoms with van der Waals surface area (Å²) in [6.07, 6.45) is 2.50. The Morgan fingerprint density at radius 2 is 2.00 bits per heavy atom. The molecule has 1 N–H and O–H groups in total. The van der Waals surface area contributed by atoms with Gasteiger partial charge in [-0.15, -0.1) is 0 Å². The highest BCUT2D eigenvalue weighted by Crippen LogP contribution is 2.54. The third-order valence-corrected chi connectivity index (χ3v) is 4.97. The lowest BCUT2D eigenvalue weighted by atomic mass is 9.54. The van der Waals surface area contributed by atoms with E-state index in [0.717, 1.165) is 0 Å². The van der Waals surface area contributed by atoms with Crippen molar-refractivity contribution >= 4 is 15.9 Å². The summed E-state index contributed by atoms with van der Waals surface area (Å²) < 4.78 is 1.17. The Kier molecular flexibility index (Phi) is 3.41. The van der Waals surface area contributed by atoms with Crippen LogP contribution in [0.25, 0.3) is 0 Å². The maximum absolute atomic E-state index is 3.49. The van der Waals surface area contributed by atoms with Crippen molar-refractivity contribution < 1.29 is 0 Å². The molecule has 0 bridgehead atoms. The highest BCUT2D eigenvalue weighted by atomic mass is 79.9. The van der Waals surface area contributed by atoms with E-state index >= 15 is 0 Å². The van der Waals surface area contributed by atoms with E-state index < -0.39 is 0 Å². The lowest BCUT2D eigenvalue weighted by Crippen LogP contribution is -2.55. The Morgan fingerprint density at radius 1 is 1.38 bits per heavy atom. The van der Waals surface area contributed by atoms with Gasteiger partial charge in [0, 0.05) is 10.5 Å². The number of hydrogen-bond donors (Lipinski definition) is 1. The molecule has 1 fully saturated rings. The Labute approximate surface area is 107 Å². The van der Waals surface area contributed by atoms with Crippen molar-refractivity contribution in [1.82, 2.24) is 5.32 Å². The quantitative estimate of drug-likeness (QED) is 0.885. The summed E-state index contributed by atoms with van der Waals surface area (Å²) in [4.78, 5) is 0. The molecular weight excluding hydrogens is 262 g/mol. The van der Waals surface area contributed by atoms with Gasteiger partial charge in [-0.3, -0.25) is 0 Å². The molecule has 0 aliphatic heterocycles. The largest absolute Gasteiger partial charge is 0.316 e. The van der Waals surface area contributed by atoms with Crippen LogP contribution < -0.4 is 5.32 Å². The first-order valence-corrected chi connectivity index (χ1v) is 6.84. The summed E-state index contributed by atoms with van der Waals surface area (Å²) >= 11 is 3.49. The van der Waals surface area contributed by atoms with Crippen molar-refractivity contribution in [2.45, 2.75) is 38.6 Å². The Hall–Kier alpha value is -0.340. The van der Waals surface area contributed by atoms with Crippen molar-refractivity contribution in [3.8, 4) is 0 Å². The molecule has 2 heteroatoms. The molecule has 1 saturated carbocycles. The van der Waals surface area contributed by atoms with Crippen LogP contribution in [0.1, 0.15) is 38.2 Å². The number of hydrogen-bond acceptors (Lipinski definition) is 1. The standard InChI is InChI=1S/C14H20BrN/c1-4-14(2)12(9-13(14)16-3)10-5-7-11(15)8-6-10/h5-8,12-13,16H,4,9H2,1-3H3. The molecule has 16 heavy (non-hydrogen) atoms. The maximum atomic E-state index is 3.49. The fraction of sp³-hybridized carbons (Fsp3) is 0.571. The van der Waals surface area contributed by atoms with E-state index in [0.29, 0.717) is 17.4 Å². The number of nitrogens with one attached hydrogen (secondary N) is 1. The second-order valence-corrected chi connectivity index (χ2v) is 5.96. The molecule has 0 aromatic heterocycles. The highest BCUT2D eigenvalue weighted by molar-refractivity contribution is 9.10. The normalized spacial score (nSPS) is 33.5. The molecule has 0 radical (unpaired) electrons. The number of benzene rings is 1. The molecule has 1 aliphatic carbocycles. The molecule has 3 unspecified atom stereocenters. The van der Waals surface area contributed by atoms with Crippen LogP contribution in [-0.4, -0.2) is 13.1 Å². The molecule has 1 aromatic rings. The van der Waals surface area contributed by atoms with Crippen LogP contribution in [-0.2, 0) is 0 Å². The second-order valence-electron chi connectivity index (χ2n) is 5.04. The van der Waals surface area contributed by atoms with E-state index in [1.165, 1.54) is 22.9 Å². The van der Waals surface area contributed by atoms with Gasteiger partial charge in [0.05, 0.1) is 0 Å². The molecule has 1 nitrogen and oxygen atoms in total. The molecule has 0 saturated heterocycles. The van der Waals surface area contributed by atoms with E-state index in [-0.39, 0.29) is 0 Å². The fourth-order valence-electron chi connectivity index (χ4n) is 3.01. The second kappa shape index (κ2) is 4.50. The molecule has 2 rings (SSSR count). The third-order valence-electron chi connectivity index (χ3n) is 4.45. The summed E-state index contributed by atoms with van der Waals surface area (Å²) in [5.74, 6) is 0.711. The van der Waals surface area contributed by atoms with E-state index in [1.54, 1.807) is 0 Å². The predicted molar refractivity (Wildman–Crippen MR) is 72.7 cm³/mol.